The molecule has 0 saturated heterocycles. The van der Waals surface area contributed by atoms with Gasteiger partial charge in [0.15, 0.2) is 11.5 Å². The Morgan fingerprint density at radius 1 is 0.900 bits per heavy atom. The third kappa shape index (κ3) is 1.93. The number of para-hydroxylation sites is 1. The molecule has 0 aromatic heterocycles. The number of anilines is 1. The van der Waals surface area contributed by atoms with Crippen molar-refractivity contribution in [3.05, 3.63) is 48.0 Å². The monoisotopic (exact) mass is 269 g/mol. The lowest BCUT2D eigenvalue weighted by Gasteiger charge is -2.27. The molecule has 2 aromatic carbocycles. The van der Waals surface area contributed by atoms with E-state index in [0.29, 0.717) is 6.79 Å². The third-order valence-electron chi connectivity index (χ3n) is 3.67. The summed E-state index contributed by atoms with van der Waals surface area (Å²) in [5.41, 5.74) is 2.24. The number of benzene rings is 2. The lowest BCUT2D eigenvalue weighted by molar-refractivity contribution is 0.174. The van der Waals surface area contributed by atoms with Gasteiger partial charge >= 0.3 is 0 Å². The van der Waals surface area contributed by atoms with Gasteiger partial charge < -0.3 is 19.5 Å². The lowest BCUT2D eigenvalue weighted by Crippen LogP contribution is -2.20. The van der Waals surface area contributed by atoms with Gasteiger partial charge in [0.1, 0.15) is 5.75 Å². The smallest absolute Gasteiger partial charge is 0.231 e. The number of nitrogens with one attached hydrogen (secondary N) is 1. The van der Waals surface area contributed by atoms with E-state index >= 15 is 0 Å². The van der Waals surface area contributed by atoms with Gasteiger partial charge in [0, 0.05) is 23.7 Å². The number of hydrogen-bond acceptors (Lipinski definition) is 4. The molecule has 0 fully saturated rings. The van der Waals surface area contributed by atoms with E-state index in [-0.39, 0.29) is 6.04 Å². The Hall–Kier alpha value is -2.36. The van der Waals surface area contributed by atoms with E-state index < -0.39 is 0 Å². The van der Waals surface area contributed by atoms with Crippen molar-refractivity contribution in [2.75, 3.05) is 18.7 Å². The normalized spacial score (nSPS) is 19.1. The quantitative estimate of drug-likeness (QED) is 0.907. The average molecular weight is 269 g/mol. The van der Waals surface area contributed by atoms with Gasteiger partial charge in [0.25, 0.3) is 0 Å². The minimum atomic E-state index is 0.264. The fraction of sp³-hybridized carbons (Fsp3) is 0.250. The molecule has 1 N–H and O–H groups in total. The van der Waals surface area contributed by atoms with Crippen LogP contribution >= 0.6 is 0 Å². The zero-order valence-electron chi connectivity index (χ0n) is 11.0. The Morgan fingerprint density at radius 2 is 1.80 bits per heavy atom. The molecule has 2 aromatic rings. The molecule has 2 aliphatic rings. The first kappa shape index (κ1) is 11.5. The second-order valence-electron chi connectivity index (χ2n) is 4.94. The minimum absolute atomic E-state index is 0.264. The highest BCUT2D eigenvalue weighted by Crippen LogP contribution is 2.38. The standard InChI is InChI=1S/C16H15NO3/c1-2-4-14-12(3-1)13(7-8-18-14)17-11-5-6-15-16(9-11)20-10-19-15/h1-6,9,13,17H,7-8,10H2. The molecule has 102 valence electrons. The van der Waals surface area contributed by atoms with Crippen LogP contribution in [0.25, 0.3) is 0 Å². The molecule has 4 heteroatoms. The SMILES string of the molecule is c1ccc2c(c1)OCCC2Nc1ccc2c(c1)OCO2. The van der Waals surface area contributed by atoms with E-state index in [1.54, 1.807) is 0 Å². The minimum Gasteiger partial charge on any atom is -0.493 e. The van der Waals surface area contributed by atoms with E-state index in [1.165, 1.54) is 5.56 Å². The molecule has 2 heterocycles. The zero-order valence-corrected chi connectivity index (χ0v) is 11.0. The number of ether oxygens (including phenoxy) is 3. The Kier molecular flexibility index (Phi) is 2.66. The van der Waals surface area contributed by atoms with E-state index in [4.69, 9.17) is 14.2 Å². The Labute approximate surface area is 117 Å². The maximum absolute atomic E-state index is 5.68. The second-order valence-corrected chi connectivity index (χ2v) is 4.94. The van der Waals surface area contributed by atoms with E-state index in [0.717, 1.165) is 36.0 Å². The van der Waals surface area contributed by atoms with E-state index in [9.17, 15) is 0 Å². The van der Waals surface area contributed by atoms with Crippen LogP contribution in [0.5, 0.6) is 17.2 Å². The first-order valence-corrected chi connectivity index (χ1v) is 6.78. The predicted molar refractivity (Wildman–Crippen MR) is 75.5 cm³/mol. The summed E-state index contributed by atoms with van der Waals surface area (Å²) >= 11 is 0. The van der Waals surface area contributed by atoms with Gasteiger partial charge in [-0.3, -0.25) is 0 Å². The highest BCUT2D eigenvalue weighted by Gasteiger charge is 2.21. The topological polar surface area (TPSA) is 39.7 Å². The molecule has 0 radical (unpaired) electrons. The summed E-state index contributed by atoms with van der Waals surface area (Å²) in [5, 5.41) is 3.55. The van der Waals surface area contributed by atoms with Crippen LogP contribution in [0.4, 0.5) is 5.69 Å². The zero-order chi connectivity index (χ0) is 13.4. The molecule has 0 amide bonds. The molecule has 1 atom stereocenters. The van der Waals surface area contributed by atoms with Crippen LogP contribution in [0.1, 0.15) is 18.0 Å². The molecule has 2 aliphatic heterocycles. The molecule has 0 aliphatic carbocycles. The van der Waals surface area contributed by atoms with Gasteiger partial charge in [-0.25, -0.2) is 0 Å². The first-order valence-electron chi connectivity index (χ1n) is 6.78. The van der Waals surface area contributed by atoms with Crippen molar-refractivity contribution in [2.45, 2.75) is 12.5 Å². The predicted octanol–water partition coefficient (Wildman–Crippen LogP) is 3.35. The molecular formula is C16H15NO3. The van der Waals surface area contributed by atoms with Crippen molar-refractivity contribution in [3.63, 3.8) is 0 Å². The van der Waals surface area contributed by atoms with Crippen LogP contribution in [0.2, 0.25) is 0 Å². The van der Waals surface area contributed by atoms with Gasteiger partial charge in [-0.05, 0) is 18.2 Å². The fourth-order valence-corrected chi connectivity index (χ4v) is 2.68. The summed E-state index contributed by atoms with van der Waals surface area (Å²) in [6, 6.07) is 14.4. The molecule has 4 rings (SSSR count). The van der Waals surface area contributed by atoms with Crippen LogP contribution in [0, 0.1) is 0 Å². The molecule has 20 heavy (non-hydrogen) atoms. The number of fused-ring (bicyclic) bond motifs is 2. The van der Waals surface area contributed by atoms with Crippen molar-refractivity contribution in [1.82, 2.24) is 0 Å². The highest BCUT2D eigenvalue weighted by atomic mass is 16.7. The first-order chi connectivity index (χ1) is 9.90. The third-order valence-corrected chi connectivity index (χ3v) is 3.67. The van der Waals surface area contributed by atoms with Crippen molar-refractivity contribution >= 4 is 5.69 Å². The second kappa shape index (κ2) is 4.63. The maximum Gasteiger partial charge on any atom is 0.231 e. The number of hydrogen-bond donors (Lipinski definition) is 1. The van der Waals surface area contributed by atoms with Crippen LogP contribution in [0.3, 0.4) is 0 Å². The highest BCUT2D eigenvalue weighted by molar-refractivity contribution is 5.57. The summed E-state index contributed by atoms with van der Waals surface area (Å²) in [6.07, 6.45) is 0.950. The fourth-order valence-electron chi connectivity index (χ4n) is 2.68. The summed E-state index contributed by atoms with van der Waals surface area (Å²) in [7, 11) is 0. The van der Waals surface area contributed by atoms with Crippen LogP contribution < -0.4 is 19.5 Å². The average Bonchev–Trinajstić information content (AvgIpc) is 2.95. The number of rotatable bonds is 2. The van der Waals surface area contributed by atoms with Crippen LogP contribution in [0.15, 0.2) is 42.5 Å². The summed E-state index contributed by atoms with van der Waals surface area (Å²) in [5.74, 6) is 2.58. The van der Waals surface area contributed by atoms with Gasteiger partial charge in [-0.1, -0.05) is 18.2 Å². The lowest BCUT2D eigenvalue weighted by atomic mass is 10.0. The molecular weight excluding hydrogens is 254 g/mol. The Morgan fingerprint density at radius 3 is 2.80 bits per heavy atom. The van der Waals surface area contributed by atoms with E-state index in [2.05, 4.69) is 11.4 Å². The molecule has 4 nitrogen and oxygen atoms in total. The van der Waals surface area contributed by atoms with Gasteiger partial charge in [-0.2, -0.15) is 0 Å². The Balaban J connectivity index is 1.61. The maximum atomic E-state index is 5.68. The van der Waals surface area contributed by atoms with Gasteiger partial charge in [0.2, 0.25) is 6.79 Å². The summed E-state index contributed by atoms with van der Waals surface area (Å²) in [6.45, 7) is 1.04. The molecule has 0 bridgehead atoms. The van der Waals surface area contributed by atoms with Crippen molar-refractivity contribution in [1.29, 1.82) is 0 Å². The largest absolute Gasteiger partial charge is 0.493 e. The Bertz CT molecular complexity index is 641. The van der Waals surface area contributed by atoms with E-state index in [1.807, 2.05) is 36.4 Å². The molecule has 1 unspecified atom stereocenters. The van der Waals surface area contributed by atoms with Gasteiger partial charge in [0.05, 0.1) is 12.6 Å². The van der Waals surface area contributed by atoms with Crippen molar-refractivity contribution < 1.29 is 14.2 Å². The van der Waals surface area contributed by atoms with Gasteiger partial charge in [-0.15, -0.1) is 0 Å². The molecule has 0 saturated carbocycles. The van der Waals surface area contributed by atoms with Crippen LogP contribution in [-0.2, 0) is 0 Å². The van der Waals surface area contributed by atoms with Crippen molar-refractivity contribution in [2.24, 2.45) is 0 Å². The van der Waals surface area contributed by atoms with Crippen molar-refractivity contribution in [3.8, 4) is 17.2 Å². The summed E-state index contributed by atoms with van der Waals surface area (Å²) in [4.78, 5) is 0. The molecule has 0 spiro atoms. The van der Waals surface area contributed by atoms with Crippen LogP contribution in [-0.4, -0.2) is 13.4 Å². The summed E-state index contributed by atoms with van der Waals surface area (Å²) < 4.78 is 16.4.